The fourth-order valence-electron chi connectivity index (χ4n) is 9.77. The molecule has 77 heavy (non-hydrogen) atoms. The number of amides is 4. The van der Waals surface area contributed by atoms with Crippen molar-refractivity contribution in [1.82, 2.24) is 49.8 Å². The number of benzene rings is 2. The van der Waals surface area contributed by atoms with Crippen molar-refractivity contribution in [3.05, 3.63) is 149 Å². The van der Waals surface area contributed by atoms with Gasteiger partial charge in [0.2, 0.25) is 11.8 Å². The first-order valence-corrected chi connectivity index (χ1v) is 26.3. The van der Waals surface area contributed by atoms with Gasteiger partial charge < -0.3 is 36.0 Å². The molecular formula is C56H64Cl2N10O9. The largest absolute Gasteiger partial charge is 0.392 e. The number of aliphatic hydroxyl groups excluding tert-OH is 2. The van der Waals surface area contributed by atoms with E-state index in [1.165, 1.54) is 21.4 Å². The highest BCUT2D eigenvalue weighted by Crippen LogP contribution is 2.30. The first kappa shape index (κ1) is 56.3. The van der Waals surface area contributed by atoms with Crippen molar-refractivity contribution in [1.29, 1.82) is 0 Å². The lowest BCUT2D eigenvalue weighted by molar-refractivity contribution is -0.142. The number of nitrogens with one attached hydrogen (secondary N) is 3. The molecule has 4 saturated heterocycles. The number of likely N-dealkylation sites (tertiary alicyclic amines) is 3. The van der Waals surface area contributed by atoms with E-state index >= 15 is 0 Å². The number of hydrogen-bond donors (Lipinski definition) is 5. The Labute approximate surface area is 455 Å². The van der Waals surface area contributed by atoms with E-state index in [1.807, 2.05) is 6.07 Å². The van der Waals surface area contributed by atoms with Crippen LogP contribution in [-0.4, -0.2) is 138 Å². The molecule has 0 spiro atoms. The van der Waals surface area contributed by atoms with Gasteiger partial charge in [0.05, 0.1) is 12.2 Å². The zero-order valence-corrected chi connectivity index (χ0v) is 45.1. The molecule has 5 N–H and O–H groups in total. The summed E-state index contributed by atoms with van der Waals surface area (Å²) in [5, 5.41) is 29.3. The second-order valence-electron chi connectivity index (χ2n) is 21.7. The number of rotatable bonds is 13. The lowest BCUT2D eigenvalue weighted by atomic mass is 9.84. The SMILES string of the molecule is CC1(C)CN(C(=O)Cn2c(=O)c(C(=O)NCc3ccc(Cl)cc3)cc3cc(C=O)cnc32)C1.CC1(C)CN(C(=O)Cn2c(=O)c(C(=O)NCc3ccc(Cl)cc3)cc3cc(CN4CCC(O)C4)cnc32)C1.OC1CCNC1. The van der Waals surface area contributed by atoms with E-state index in [0.717, 1.165) is 49.2 Å². The smallest absolute Gasteiger partial charge is 0.265 e. The van der Waals surface area contributed by atoms with Gasteiger partial charge in [0.15, 0.2) is 6.29 Å². The molecule has 406 valence electrons. The minimum absolute atomic E-state index is 0.0428. The quantitative estimate of drug-likeness (QED) is 0.101. The number of halogens is 2. The monoisotopic (exact) mass is 1090 g/mol. The zero-order chi connectivity index (χ0) is 55.2. The normalized spacial score (nSPS) is 18.3. The number of aromatic nitrogens is 4. The van der Waals surface area contributed by atoms with Crippen LogP contribution in [0.5, 0.6) is 0 Å². The molecule has 10 rings (SSSR count). The maximum atomic E-state index is 13.5. The minimum Gasteiger partial charge on any atom is -0.392 e. The molecule has 0 saturated carbocycles. The summed E-state index contributed by atoms with van der Waals surface area (Å²) in [6.07, 6.45) is 4.93. The summed E-state index contributed by atoms with van der Waals surface area (Å²) < 4.78 is 2.51. The molecule has 2 aromatic carbocycles. The minimum atomic E-state index is -0.615. The lowest BCUT2D eigenvalue weighted by Crippen LogP contribution is -2.56. The van der Waals surface area contributed by atoms with Gasteiger partial charge in [-0.05, 0) is 95.4 Å². The van der Waals surface area contributed by atoms with Gasteiger partial charge >= 0.3 is 0 Å². The molecule has 4 aliphatic heterocycles. The number of fused-ring (bicyclic) bond motifs is 2. The standard InChI is InChI=1S/C28H32ClN5O4.C24H23ClN4O4.C4H9NO/c1-28(2)16-33(17-28)24(36)15-34-25-20(9-19(12-30-25)13-32-8-7-22(35)14-32)10-23(27(34)38)26(37)31-11-18-3-5-21(29)6-4-18;1-24(2)13-28(14-24)20(31)11-29-21-17(7-16(12-30)10-26-21)8-19(23(29)33)22(32)27-9-15-3-5-18(25)6-4-15;6-4-1-2-5-3-4/h3-6,9-10,12,22,35H,7-8,11,13-17H2,1-2H3,(H,31,37);3-8,10,12H,9,11,13-14H2,1-2H3,(H,27,32);4-6H,1-3H2. The number of aliphatic hydroxyl groups is 2. The van der Waals surface area contributed by atoms with Crippen LogP contribution in [0.4, 0.5) is 0 Å². The van der Waals surface area contributed by atoms with Crippen molar-refractivity contribution in [3.63, 3.8) is 0 Å². The molecule has 6 aromatic rings. The first-order valence-electron chi connectivity index (χ1n) is 25.6. The highest BCUT2D eigenvalue weighted by molar-refractivity contribution is 6.30. The van der Waals surface area contributed by atoms with Crippen molar-refractivity contribution >= 4 is 75.2 Å². The van der Waals surface area contributed by atoms with Gasteiger partial charge in [-0.1, -0.05) is 75.2 Å². The lowest BCUT2D eigenvalue weighted by Gasteiger charge is -2.45. The Balaban J connectivity index is 0.000000185. The molecule has 4 amide bonds. The van der Waals surface area contributed by atoms with Gasteiger partial charge in [-0.2, -0.15) is 0 Å². The van der Waals surface area contributed by atoms with Crippen LogP contribution in [0.1, 0.15) is 88.3 Å². The average Bonchev–Trinajstić information content (AvgIpc) is 4.06. The molecule has 4 fully saturated rings. The molecule has 0 aliphatic carbocycles. The van der Waals surface area contributed by atoms with Gasteiger partial charge in [0.25, 0.3) is 22.9 Å². The summed E-state index contributed by atoms with van der Waals surface area (Å²) in [4.78, 5) is 104. The van der Waals surface area contributed by atoms with Crippen LogP contribution in [0.15, 0.2) is 94.8 Å². The van der Waals surface area contributed by atoms with Crippen LogP contribution in [0.3, 0.4) is 0 Å². The Morgan fingerprint density at radius 1 is 0.675 bits per heavy atom. The van der Waals surface area contributed by atoms with Crippen LogP contribution in [0, 0.1) is 10.8 Å². The molecule has 2 unspecified atom stereocenters. The Bertz CT molecular complexity index is 3290. The highest BCUT2D eigenvalue weighted by Gasteiger charge is 2.38. The van der Waals surface area contributed by atoms with Crippen LogP contribution in [0.25, 0.3) is 22.1 Å². The first-order chi connectivity index (χ1) is 36.6. The summed E-state index contributed by atoms with van der Waals surface area (Å²) >= 11 is 11.8. The van der Waals surface area contributed by atoms with Gasteiger partial charge in [0.1, 0.15) is 35.5 Å². The number of carbonyl (C=O) groups is 5. The summed E-state index contributed by atoms with van der Waals surface area (Å²) in [6.45, 7) is 14.5. The maximum absolute atomic E-state index is 13.5. The molecule has 8 heterocycles. The van der Waals surface area contributed by atoms with Gasteiger partial charge in [0, 0.05) is 104 Å². The Morgan fingerprint density at radius 3 is 1.56 bits per heavy atom. The molecule has 0 radical (unpaired) electrons. The van der Waals surface area contributed by atoms with E-state index in [0.29, 0.717) is 77.6 Å². The topological polar surface area (TPSA) is 241 Å². The van der Waals surface area contributed by atoms with E-state index in [2.05, 4.69) is 58.5 Å². The van der Waals surface area contributed by atoms with Crippen molar-refractivity contribution in [2.75, 3.05) is 52.4 Å². The van der Waals surface area contributed by atoms with Crippen LogP contribution in [-0.2, 0) is 42.3 Å². The zero-order valence-electron chi connectivity index (χ0n) is 43.6. The van der Waals surface area contributed by atoms with E-state index < -0.39 is 22.9 Å². The van der Waals surface area contributed by atoms with Crippen LogP contribution >= 0.6 is 23.2 Å². The van der Waals surface area contributed by atoms with E-state index in [-0.39, 0.29) is 77.8 Å². The summed E-state index contributed by atoms with van der Waals surface area (Å²) in [5.74, 6) is -1.51. The predicted octanol–water partition coefficient (Wildman–Crippen LogP) is 4.42. The van der Waals surface area contributed by atoms with Gasteiger partial charge in [-0.15, -0.1) is 0 Å². The Kier molecular flexibility index (Phi) is 17.7. The number of aldehydes is 1. The predicted molar refractivity (Wildman–Crippen MR) is 293 cm³/mol. The maximum Gasteiger partial charge on any atom is 0.265 e. The summed E-state index contributed by atoms with van der Waals surface area (Å²) in [7, 11) is 0. The van der Waals surface area contributed by atoms with Crippen molar-refractivity contribution in [3.8, 4) is 0 Å². The number of nitrogens with zero attached hydrogens (tertiary/aromatic N) is 7. The summed E-state index contributed by atoms with van der Waals surface area (Å²) in [5.41, 5.74) is 2.23. The molecular weight excluding hydrogens is 1030 g/mol. The average molecular weight is 1090 g/mol. The fraction of sp³-hybridized carbons (Fsp3) is 0.411. The number of carbonyl (C=O) groups excluding carboxylic acids is 5. The van der Waals surface area contributed by atoms with Crippen molar-refractivity contribution < 1.29 is 34.2 Å². The number of β-amino-alcohol motifs (C(OH)–C–C–N with tert-alkyl or cyclic N) is 2. The van der Waals surface area contributed by atoms with Gasteiger partial charge in [-0.3, -0.25) is 47.6 Å². The molecule has 4 aliphatic rings. The number of pyridine rings is 4. The van der Waals surface area contributed by atoms with Crippen molar-refractivity contribution in [2.24, 2.45) is 10.8 Å². The highest BCUT2D eigenvalue weighted by atomic mass is 35.5. The van der Waals surface area contributed by atoms with Crippen LogP contribution < -0.4 is 27.1 Å². The van der Waals surface area contributed by atoms with Crippen molar-refractivity contribution in [2.45, 2.75) is 85.5 Å². The summed E-state index contributed by atoms with van der Waals surface area (Å²) in [6, 6.07) is 20.4. The third kappa shape index (κ3) is 14.4. The molecule has 21 heteroatoms. The Morgan fingerprint density at radius 2 is 1.16 bits per heavy atom. The molecule has 19 nitrogen and oxygen atoms in total. The third-order valence-corrected chi connectivity index (χ3v) is 14.2. The third-order valence-electron chi connectivity index (χ3n) is 13.7. The second kappa shape index (κ2) is 24.2. The fourth-order valence-corrected chi connectivity index (χ4v) is 10.0. The molecule has 4 aromatic heterocycles. The Hall–Kier alpha value is -6.87. The van der Waals surface area contributed by atoms with Gasteiger partial charge in [-0.25, -0.2) is 9.97 Å². The van der Waals surface area contributed by atoms with E-state index in [1.54, 1.807) is 76.7 Å². The van der Waals surface area contributed by atoms with Crippen LogP contribution in [0.2, 0.25) is 10.0 Å². The molecule has 2 atom stereocenters. The second-order valence-corrected chi connectivity index (χ2v) is 22.6. The van der Waals surface area contributed by atoms with E-state index in [9.17, 15) is 38.7 Å². The number of hydrogen-bond acceptors (Lipinski definition) is 13. The van der Waals surface area contributed by atoms with E-state index in [4.69, 9.17) is 28.3 Å². The molecule has 0 bridgehead atoms.